The smallest absolute Gasteiger partial charge is 0.392 e. The van der Waals surface area contributed by atoms with Gasteiger partial charge in [0.2, 0.25) is 0 Å². The summed E-state index contributed by atoms with van der Waals surface area (Å²) >= 11 is 0. The third-order valence-corrected chi connectivity index (χ3v) is 1.12. The summed E-state index contributed by atoms with van der Waals surface area (Å²) in [5.74, 6) is -6.14. The topological polar surface area (TPSA) is 63.3 Å². The van der Waals surface area contributed by atoms with Crippen LogP contribution >= 0.6 is 0 Å². The van der Waals surface area contributed by atoms with Crippen LogP contribution in [0.4, 0.5) is 8.78 Å². The third-order valence-electron chi connectivity index (χ3n) is 1.12. The van der Waals surface area contributed by atoms with E-state index in [-0.39, 0.29) is 0 Å². The molecule has 1 aromatic heterocycles. The summed E-state index contributed by atoms with van der Waals surface area (Å²) in [5, 5.41) is 8.26. The van der Waals surface area contributed by atoms with E-state index in [1.807, 2.05) is 0 Å². The fourth-order valence-electron chi connectivity index (χ4n) is 0.576. The molecular weight excluding hydrogens is 172 g/mol. The summed E-state index contributed by atoms with van der Waals surface area (Å²) < 4.78 is 29.1. The Morgan fingerprint density at radius 2 is 2.33 bits per heavy atom. The molecule has 1 heterocycles. The molecule has 0 saturated carbocycles. The molecule has 0 saturated heterocycles. The summed E-state index contributed by atoms with van der Waals surface area (Å²) in [5.41, 5.74) is 0. The van der Waals surface area contributed by atoms with E-state index in [4.69, 9.17) is 5.11 Å². The molecule has 4 nitrogen and oxygen atoms in total. The van der Waals surface area contributed by atoms with E-state index in [1.54, 1.807) is 0 Å². The van der Waals surface area contributed by atoms with Gasteiger partial charge in [0.15, 0.2) is 5.76 Å². The van der Waals surface area contributed by atoms with Crippen LogP contribution < -0.4 is 0 Å². The molecule has 0 aliphatic rings. The van der Waals surface area contributed by atoms with Gasteiger partial charge in [-0.15, -0.1) is 0 Å². The highest BCUT2D eigenvalue weighted by molar-refractivity contribution is 5.81. The number of alkyl halides is 2. The Morgan fingerprint density at radius 3 is 2.58 bits per heavy atom. The SMILES string of the molecule is CC(F)(F)c1cnc(C(=O)O)o1. The fourth-order valence-corrected chi connectivity index (χ4v) is 0.576. The van der Waals surface area contributed by atoms with E-state index in [2.05, 4.69) is 9.40 Å². The maximum absolute atomic E-state index is 12.4. The average Bonchev–Trinajstić information content (AvgIpc) is 2.30. The Hall–Kier alpha value is -1.46. The molecular formula is C6H5F2NO3. The Morgan fingerprint density at radius 1 is 1.75 bits per heavy atom. The predicted octanol–water partition coefficient (Wildman–Crippen LogP) is 1.48. The van der Waals surface area contributed by atoms with Gasteiger partial charge in [0.25, 0.3) is 0 Å². The summed E-state index contributed by atoms with van der Waals surface area (Å²) in [7, 11) is 0. The number of carboxylic acids is 1. The van der Waals surface area contributed by atoms with Crippen molar-refractivity contribution in [1.29, 1.82) is 0 Å². The van der Waals surface area contributed by atoms with E-state index < -0.39 is 23.5 Å². The first-order valence-corrected chi connectivity index (χ1v) is 2.98. The van der Waals surface area contributed by atoms with Crippen molar-refractivity contribution < 1.29 is 23.1 Å². The van der Waals surface area contributed by atoms with Crippen molar-refractivity contribution in [2.45, 2.75) is 12.8 Å². The second kappa shape index (κ2) is 2.54. The van der Waals surface area contributed by atoms with Crippen LogP contribution in [0.15, 0.2) is 10.6 Å². The lowest BCUT2D eigenvalue weighted by molar-refractivity contribution is -0.00648. The minimum Gasteiger partial charge on any atom is -0.474 e. The first kappa shape index (κ1) is 8.63. The quantitative estimate of drug-likeness (QED) is 0.743. The van der Waals surface area contributed by atoms with Crippen molar-refractivity contribution in [3.8, 4) is 0 Å². The molecule has 0 radical (unpaired) electrons. The summed E-state index contributed by atoms with van der Waals surface area (Å²) in [4.78, 5) is 13.3. The molecule has 6 heteroatoms. The normalized spacial score (nSPS) is 11.6. The van der Waals surface area contributed by atoms with Crippen LogP contribution in [0.2, 0.25) is 0 Å². The van der Waals surface area contributed by atoms with Gasteiger partial charge in [-0.05, 0) is 0 Å². The highest BCUT2D eigenvalue weighted by Crippen LogP contribution is 2.26. The monoisotopic (exact) mass is 177 g/mol. The minimum absolute atomic E-state index is 0.596. The summed E-state index contributed by atoms with van der Waals surface area (Å²) in [6.45, 7) is 0.596. The molecule has 0 aromatic carbocycles. The summed E-state index contributed by atoms with van der Waals surface area (Å²) in [6.07, 6.45) is 0.698. The van der Waals surface area contributed by atoms with Gasteiger partial charge in [-0.3, -0.25) is 0 Å². The number of nitrogens with zero attached hydrogens (tertiary/aromatic N) is 1. The molecule has 0 atom stereocenters. The molecule has 1 N–H and O–H groups in total. The molecule has 0 amide bonds. The zero-order chi connectivity index (χ0) is 9.35. The molecule has 0 fully saturated rings. The molecule has 0 aliphatic heterocycles. The van der Waals surface area contributed by atoms with Crippen LogP contribution in [-0.4, -0.2) is 16.1 Å². The predicted molar refractivity (Wildman–Crippen MR) is 33.0 cm³/mol. The van der Waals surface area contributed by atoms with Crippen LogP contribution in [0.5, 0.6) is 0 Å². The van der Waals surface area contributed by atoms with Crippen molar-refractivity contribution >= 4 is 5.97 Å². The molecule has 0 aliphatic carbocycles. The van der Waals surface area contributed by atoms with Crippen molar-refractivity contribution in [1.82, 2.24) is 4.98 Å². The van der Waals surface area contributed by atoms with Gasteiger partial charge in [-0.25, -0.2) is 9.78 Å². The number of aromatic nitrogens is 1. The van der Waals surface area contributed by atoms with Crippen LogP contribution in [-0.2, 0) is 5.92 Å². The molecule has 0 bridgehead atoms. The van der Waals surface area contributed by atoms with Crippen LogP contribution in [0.1, 0.15) is 23.4 Å². The number of hydrogen-bond acceptors (Lipinski definition) is 3. The van der Waals surface area contributed by atoms with Crippen molar-refractivity contribution in [2.75, 3.05) is 0 Å². The molecule has 1 aromatic rings. The lowest BCUT2D eigenvalue weighted by atomic mass is 10.3. The maximum Gasteiger partial charge on any atom is 0.392 e. The van der Waals surface area contributed by atoms with Gasteiger partial charge >= 0.3 is 17.8 Å². The van der Waals surface area contributed by atoms with E-state index in [0.29, 0.717) is 13.1 Å². The van der Waals surface area contributed by atoms with E-state index in [1.165, 1.54) is 0 Å². The Balaban J connectivity index is 3.00. The lowest BCUT2D eigenvalue weighted by Gasteiger charge is -2.03. The number of aromatic carboxylic acids is 1. The lowest BCUT2D eigenvalue weighted by Crippen LogP contribution is -2.04. The second-order valence-electron chi connectivity index (χ2n) is 2.22. The highest BCUT2D eigenvalue weighted by atomic mass is 19.3. The molecule has 1 rings (SSSR count). The van der Waals surface area contributed by atoms with Crippen molar-refractivity contribution in [3.05, 3.63) is 17.8 Å². The van der Waals surface area contributed by atoms with Gasteiger partial charge < -0.3 is 9.52 Å². The highest BCUT2D eigenvalue weighted by Gasteiger charge is 2.30. The number of carboxylic acid groups (broad SMARTS) is 1. The van der Waals surface area contributed by atoms with Crippen LogP contribution in [0, 0.1) is 0 Å². The molecule has 0 unspecified atom stereocenters. The van der Waals surface area contributed by atoms with Gasteiger partial charge in [-0.1, -0.05) is 0 Å². The number of carbonyl (C=O) groups is 1. The van der Waals surface area contributed by atoms with E-state index in [9.17, 15) is 13.6 Å². The van der Waals surface area contributed by atoms with Crippen LogP contribution in [0.3, 0.4) is 0 Å². The van der Waals surface area contributed by atoms with Gasteiger partial charge in [0.05, 0.1) is 6.20 Å². The third kappa shape index (κ3) is 1.58. The number of halogens is 2. The molecule has 12 heavy (non-hydrogen) atoms. The number of rotatable bonds is 2. The van der Waals surface area contributed by atoms with E-state index >= 15 is 0 Å². The standard InChI is InChI=1S/C6H5F2NO3/c1-6(7,8)3-2-9-4(12-3)5(10)11/h2H,1H3,(H,10,11). The van der Waals surface area contributed by atoms with Gasteiger partial charge in [0, 0.05) is 6.92 Å². The zero-order valence-corrected chi connectivity index (χ0v) is 6.04. The maximum atomic E-state index is 12.4. The first-order chi connectivity index (χ1) is 5.41. The average molecular weight is 177 g/mol. The Kier molecular flexibility index (Phi) is 1.83. The number of oxazole rings is 1. The first-order valence-electron chi connectivity index (χ1n) is 2.98. The fraction of sp³-hybridized carbons (Fsp3) is 0.333. The molecule has 66 valence electrons. The Labute approximate surface area is 65.8 Å². The Bertz CT molecular complexity index is 302. The van der Waals surface area contributed by atoms with Crippen molar-refractivity contribution in [2.24, 2.45) is 0 Å². The number of hydrogen-bond donors (Lipinski definition) is 1. The van der Waals surface area contributed by atoms with E-state index in [0.717, 1.165) is 0 Å². The second-order valence-corrected chi connectivity index (χ2v) is 2.22. The van der Waals surface area contributed by atoms with Gasteiger partial charge in [-0.2, -0.15) is 8.78 Å². The minimum atomic E-state index is -3.19. The summed E-state index contributed by atoms with van der Waals surface area (Å²) in [6, 6.07) is 0. The molecule has 0 spiro atoms. The largest absolute Gasteiger partial charge is 0.474 e. The van der Waals surface area contributed by atoms with Crippen LogP contribution in [0.25, 0.3) is 0 Å². The zero-order valence-electron chi connectivity index (χ0n) is 6.04. The van der Waals surface area contributed by atoms with Gasteiger partial charge in [0.1, 0.15) is 0 Å². The van der Waals surface area contributed by atoms with Crippen molar-refractivity contribution in [3.63, 3.8) is 0 Å².